The van der Waals surface area contributed by atoms with Gasteiger partial charge in [0, 0.05) is 12.1 Å². The van der Waals surface area contributed by atoms with Crippen LogP contribution in [0.5, 0.6) is 0 Å². The summed E-state index contributed by atoms with van der Waals surface area (Å²) in [6.45, 7) is 10.7. The average Bonchev–Trinajstić information content (AvgIpc) is 2.10. The molecule has 72 valence electrons. The van der Waals surface area contributed by atoms with Gasteiger partial charge in [-0.2, -0.15) is 0 Å². The molecule has 0 radical (unpaired) electrons. The van der Waals surface area contributed by atoms with E-state index in [0.717, 1.165) is 18.0 Å². The highest BCUT2D eigenvalue weighted by atomic mass is 15.2. The van der Waals surface area contributed by atoms with Gasteiger partial charge in [0.1, 0.15) is 0 Å². The Morgan fingerprint density at radius 1 is 1.25 bits per heavy atom. The fraction of sp³-hybridized carbons (Fsp3) is 1.00. The Hall–Kier alpha value is -0.0400. The summed E-state index contributed by atoms with van der Waals surface area (Å²) in [5.74, 6) is 0.934. The van der Waals surface area contributed by atoms with Crippen LogP contribution in [0.3, 0.4) is 0 Å². The summed E-state index contributed by atoms with van der Waals surface area (Å²) in [4.78, 5) is 2.64. The van der Waals surface area contributed by atoms with E-state index in [2.05, 4.69) is 32.6 Å². The summed E-state index contributed by atoms with van der Waals surface area (Å²) in [5.41, 5.74) is 0. The lowest BCUT2D eigenvalue weighted by Crippen LogP contribution is -2.38. The van der Waals surface area contributed by atoms with Gasteiger partial charge in [-0.3, -0.25) is 4.90 Å². The van der Waals surface area contributed by atoms with E-state index in [1.54, 1.807) is 0 Å². The van der Waals surface area contributed by atoms with Gasteiger partial charge in [-0.15, -0.1) is 0 Å². The lowest BCUT2D eigenvalue weighted by atomic mass is 10.00. The molecule has 0 amide bonds. The quantitative estimate of drug-likeness (QED) is 0.583. The molecule has 1 saturated heterocycles. The number of likely N-dealkylation sites (tertiary alicyclic amines) is 1. The van der Waals surface area contributed by atoms with Crippen molar-refractivity contribution in [3.63, 3.8) is 0 Å². The van der Waals surface area contributed by atoms with Gasteiger partial charge < -0.3 is 0 Å². The molecule has 1 heterocycles. The number of hydrogen-bond acceptors (Lipinski definition) is 1. The standard InChI is InChI=1S/C11H23N/c1-9(2)12-7-5-6-10(3)8-11(12)4/h9-11H,5-8H2,1-4H3. The molecule has 0 aromatic carbocycles. The van der Waals surface area contributed by atoms with Crippen molar-refractivity contribution in [1.82, 2.24) is 4.90 Å². The number of rotatable bonds is 1. The molecule has 0 saturated carbocycles. The SMILES string of the molecule is CC1CCCN(C(C)C)C(C)C1. The third-order valence-electron chi connectivity index (χ3n) is 3.09. The highest BCUT2D eigenvalue weighted by Crippen LogP contribution is 2.22. The lowest BCUT2D eigenvalue weighted by Gasteiger charge is -2.31. The van der Waals surface area contributed by atoms with Gasteiger partial charge in [0.25, 0.3) is 0 Å². The van der Waals surface area contributed by atoms with E-state index in [-0.39, 0.29) is 0 Å². The molecule has 0 aromatic heterocycles. The topological polar surface area (TPSA) is 3.24 Å². The molecule has 1 fully saturated rings. The Balaban J connectivity index is 2.51. The molecule has 2 atom stereocenters. The van der Waals surface area contributed by atoms with Crippen molar-refractivity contribution in [2.24, 2.45) is 5.92 Å². The van der Waals surface area contributed by atoms with Gasteiger partial charge in [-0.05, 0) is 52.5 Å². The molecule has 1 rings (SSSR count). The maximum absolute atomic E-state index is 2.64. The number of hydrogen-bond donors (Lipinski definition) is 0. The Morgan fingerprint density at radius 2 is 1.92 bits per heavy atom. The normalized spacial score (nSPS) is 33.8. The molecule has 1 aliphatic heterocycles. The van der Waals surface area contributed by atoms with Crippen LogP contribution < -0.4 is 0 Å². The summed E-state index contributed by atoms with van der Waals surface area (Å²) in [6.07, 6.45) is 4.20. The first-order valence-electron chi connectivity index (χ1n) is 5.37. The Bertz CT molecular complexity index is 131. The largest absolute Gasteiger partial charge is 0.298 e. The first-order valence-corrected chi connectivity index (χ1v) is 5.37. The molecule has 0 bridgehead atoms. The zero-order valence-electron chi connectivity index (χ0n) is 9.01. The minimum atomic E-state index is 0.727. The van der Waals surface area contributed by atoms with Crippen molar-refractivity contribution in [3.8, 4) is 0 Å². The lowest BCUT2D eigenvalue weighted by molar-refractivity contribution is 0.164. The van der Waals surface area contributed by atoms with Crippen LogP contribution in [0.25, 0.3) is 0 Å². The van der Waals surface area contributed by atoms with Crippen molar-refractivity contribution in [2.75, 3.05) is 6.54 Å². The Labute approximate surface area is 77.1 Å². The molecule has 1 nitrogen and oxygen atoms in total. The first-order chi connectivity index (χ1) is 5.61. The zero-order chi connectivity index (χ0) is 9.14. The van der Waals surface area contributed by atoms with Gasteiger partial charge in [0.15, 0.2) is 0 Å². The summed E-state index contributed by atoms with van der Waals surface area (Å²) in [5, 5.41) is 0. The predicted octanol–water partition coefficient (Wildman–Crippen LogP) is 2.91. The second-order valence-corrected chi connectivity index (χ2v) is 4.66. The summed E-state index contributed by atoms with van der Waals surface area (Å²) in [6, 6.07) is 1.52. The molecule has 12 heavy (non-hydrogen) atoms. The maximum Gasteiger partial charge on any atom is 0.00721 e. The minimum Gasteiger partial charge on any atom is -0.298 e. The molecule has 0 N–H and O–H groups in total. The molecule has 0 aliphatic carbocycles. The van der Waals surface area contributed by atoms with E-state index < -0.39 is 0 Å². The van der Waals surface area contributed by atoms with Crippen LogP contribution in [0, 0.1) is 5.92 Å². The average molecular weight is 169 g/mol. The van der Waals surface area contributed by atoms with Gasteiger partial charge >= 0.3 is 0 Å². The van der Waals surface area contributed by atoms with Gasteiger partial charge in [-0.1, -0.05) is 6.92 Å². The molecular weight excluding hydrogens is 146 g/mol. The van der Waals surface area contributed by atoms with Crippen molar-refractivity contribution in [1.29, 1.82) is 0 Å². The van der Waals surface area contributed by atoms with Crippen LogP contribution in [0.1, 0.15) is 47.0 Å². The molecule has 2 unspecified atom stereocenters. The second-order valence-electron chi connectivity index (χ2n) is 4.66. The second kappa shape index (κ2) is 4.27. The minimum absolute atomic E-state index is 0.727. The molecule has 1 heteroatoms. The van der Waals surface area contributed by atoms with E-state index in [4.69, 9.17) is 0 Å². The van der Waals surface area contributed by atoms with E-state index in [1.165, 1.54) is 25.8 Å². The fourth-order valence-electron chi connectivity index (χ4n) is 2.45. The summed E-state index contributed by atoms with van der Waals surface area (Å²) in [7, 11) is 0. The highest BCUT2D eigenvalue weighted by Gasteiger charge is 2.22. The molecule has 0 aromatic rings. The zero-order valence-corrected chi connectivity index (χ0v) is 9.01. The van der Waals surface area contributed by atoms with Gasteiger partial charge in [0.05, 0.1) is 0 Å². The smallest absolute Gasteiger partial charge is 0.00721 e. The highest BCUT2D eigenvalue weighted by molar-refractivity contribution is 4.76. The molecular formula is C11H23N. The maximum atomic E-state index is 2.64. The van der Waals surface area contributed by atoms with E-state index >= 15 is 0 Å². The van der Waals surface area contributed by atoms with Crippen molar-refractivity contribution < 1.29 is 0 Å². The number of nitrogens with zero attached hydrogens (tertiary/aromatic N) is 1. The summed E-state index contributed by atoms with van der Waals surface area (Å²) < 4.78 is 0. The van der Waals surface area contributed by atoms with Gasteiger partial charge in [0.2, 0.25) is 0 Å². The molecule has 1 aliphatic rings. The monoisotopic (exact) mass is 169 g/mol. The summed E-state index contributed by atoms with van der Waals surface area (Å²) >= 11 is 0. The van der Waals surface area contributed by atoms with Crippen LogP contribution in [0.4, 0.5) is 0 Å². The Kier molecular flexibility index (Phi) is 3.57. The van der Waals surface area contributed by atoms with Crippen molar-refractivity contribution >= 4 is 0 Å². The van der Waals surface area contributed by atoms with Crippen LogP contribution >= 0.6 is 0 Å². The first kappa shape index (κ1) is 10.0. The van der Waals surface area contributed by atoms with Crippen molar-refractivity contribution in [3.05, 3.63) is 0 Å². The Morgan fingerprint density at radius 3 is 2.50 bits per heavy atom. The van der Waals surface area contributed by atoms with Crippen LogP contribution in [-0.2, 0) is 0 Å². The van der Waals surface area contributed by atoms with E-state index in [0.29, 0.717) is 0 Å². The third kappa shape index (κ3) is 2.48. The third-order valence-corrected chi connectivity index (χ3v) is 3.09. The van der Waals surface area contributed by atoms with E-state index in [1.807, 2.05) is 0 Å². The van der Waals surface area contributed by atoms with Crippen LogP contribution in [0.15, 0.2) is 0 Å². The predicted molar refractivity (Wildman–Crippen MR) is 54.3 cm³/mol. The van der Waals surface area contributed by atoms with Crippen LogP contribution in [0.2, 0.25) is 0 Å². The van der Waals surface area contributed by atoms with Crippen molar-refractivity contribution in [2.45, 2.75) is 59.0 Å². The van der Waals surface area contributed by atoms with Crippen LogP contribution in [-0.4, -0.2) is 23.5 Å². The van der Waals surface area contributed by atoms with E-state index in [9.17, 15) is 0 Å². The molecule has 0 spiro atoms. The fourth-order valence-corrected chi connectivity index (χ4v) is 2.45. The van der Waals surface area contributed by atoms with Gasteiger partial charge in [-0.25, -0.2) is 0 Å².